The van der Waals surface area contributed by atoms with Crippen molar-refractivity contribution in [3.05, 3.63) is 57.0 Å². The summed E-state index contributed by atoms with van der Waals surface area (Å²) >= 11 is 18.1. The summed E-state index contributed by atoms with van der Waals surface area (Å²) in [7, 11) is -3.63. The van der Waals surface area contributed by atoms with Gasteiger partial charge in [0, 0.05) is 36.0 Å². The predicted molar refractivity (Wildman–Crippen MR) is 108 cm³/mol. The summed E-state index contributed by atoms with van der Waals surface area (Å²) in [6.07, 6.45) is 0.958. The third-order valence-corrected chi connectivity index (χ3v) is 7.86. The first kappa shape index (κ1) is 20.0. The van der Waals surface area contributed by atoms with Crippen LogP contribution in [0.3, 0.4) is 0 Å². The molecule has 4 rings (SSSR count). The van der Waals surface area contributed by atoms with Crippen molar-refractivity contribution < 1.29 is 17.9 Å². The number of rotatable bonds is 2. The van der Waals surface area contributed by atoms with E-state index in [1.807, 2.05) is 0 Å². The molecule has 0 radical (unpaired) electrons. The first-order chi connectivity index (χ1) is 13.2. The summed E-state index contributed by atoms with van der Waals surface area (Å²) in [4.78, 5) is 12.8. The zero-order chi connectivity index (χ0) is 20.1. The Bertz CT molecular complexity index is 1050. The minimum atomic E-state index is -3.63. The van der Waals surface area contributed by atoms with Gasteiger partial charge in [0.05, 0.1) is 21.9 Å². The second kappa shape index (κ2) is 7.18. The van der Waals surface area contributed by atoms with Crippen LogP contribution < -0.4 is 4.74 Å². The fourth-order valence-electron chi connectivity index (χ4n) is 3.68. The van der Waals surface area contributed by atoms with Gasteiger partial charge in [-0.1, -0.05) is 34.8 Å². The Kier molecular flexibility index (Phi) is 5.13. The third-order valence-electron chi connectivity index (χ3n) is 5.20. The minimum absolute atomic E-state index is 0.0975. The number of halogens is 3. The number of carbonyl (C=O) groups is 1. The topological polar surface area (TPSA) is 63.7 Å². The van der Waals surface area contributed by atoms with Gasteiger partial charge >= 0.3 is 0 Å². The summed E-state index contributed by atoms with van der Waals surface area (Å²) in [5, 5.41) is 1.13. The maximum atomic E-state index is 12.9. The van der Waals surface area contributed by atoms with E-state index in [2.05, 4.69) is 0 Å². The zero-order valence-electron chi connectivity index (χ0n) is 14.6. The number of nitrogens with zero attached hydrogens (tertiary/aromatic N) is 1. The number of carbonyl (C=O) groups excluding carboxylic acids is 1. The highest BCUT2D eigenvalue weighted by Gasteiger charge is 2.45. The fourth-order valence-corrected chi connectivity index (χ4v) is 5.78. The Balaban J connectivity index is 1.55. The average molecular weight is 461 g/mol. The summed E-state index contributed by atoms with van der Waals surface area (Å²) < 4.78 is 33.3. The van der Waals surface area contributed by atoms with Gasteiger partial charge in [0.15, 0.2) is 5.78 Å². The molecule has 2 aliphatic rings. The number of fused-ring (bicyclic) bond motifs is 1. The van der Waals surface area contributed by atoms with E-state index in [9.17, 15) is 13.2 Å². The molecule has 1 saturated heterocycles. The van der Waals surface area contributed by atoms with E-state index in [0.717, 1.165) is 0 Å². The molecule has 0 N–H and O–H groups in total. The number of hydrogen-bond acceptors (Lipinski definition) is 4. The molecule has 0 amide bonds. The molecule has 5 nitrogen and oxygen atoms in total. The van der Waals surface area contributed by atoms with Crippen LogP contribution in [0.5, 0.6) is 5.75 Å². The van der Waals surface area contributed by atoms with Gasteiger partial charge < -0.3 is 4.74 Å². The lowest BCUT2D eigenvalue weighted by Gasteiger charge is -2.43. The predicted octanol–water partition coefficient (Wildman–Crippen LogP) is 4.84. The van der Waals surface area contributed by atoms with Gasteiger partial charge in [-0.05, 0) is 36.4 Å². The number of benzene rings is 2. The summed E-state index contributed by atoms with van der Waals surface area (Å²) in [5.74, 6) is 0.232. The van der Waals surface area contributed by atoms with Crippen LogP contribution in [0.4, 0.5) is 0 Å². The lowest BCUT2D eigenvalue weighted by molar-refractivity contribution is 0.00598. The van der Waals surface area contributed by atoms with Gasteiger partial charge in [0.25, 0.3) is 0 Å². The lowest BCUT2D eigenvalue weighted by atomic mass is 9.83. The van der Waals surface area contributed by atoms with Gasteiger partial charge in [-0.25, -0.2) is 8.42 Å². The van der Waals surface area contributed by atoms with Crippen LogP contribution >= 0.6 is 34.8 Å². The average Bonchev–Trinajstić information content (AvgIpc) is 2.64. The van der Waals surface area contributed by atoms with Gasteiger partial charge in [0.2, 0.25) is 10.0 Å². The first-order valence-corrected chi connectivity index (χ1v) is 11.2. The molecular weight excluding hydrogens is 445 g/mol. The van der Waals surface area contributed by atoms with Crippen molar-refractivity contribution in [2.45, 2.75) is 29.8 Å². The number of ether oxygens (including phenoxy) is 1. The van der Waals surface area contributed by atoms with E-state index in [0.29, 0.717) is 34.2 Å². The maximum Gasteiger partial charge on any atom is 0.243 e. The molecule has 9 heteroatoms. The van der Waals surface area contributed by atoms with E-state index in [-0.39, 0.29) is 35.2 Å². The Labute approximate surface area is 178 Å². The Morgan fingerprint density at radius 1 is 0.964 bits per heavy atom. The molecule has 1 spiro atoms. The molecule has 0 unspecified atom stereocenters. The first-order valence-electron chi connectivity index (χ1n) is 8.67. The van der Waals surface area contributed by atoms with Crippen molar-refractivity contribution in [2.75, 3.05) is 13.1 Å². The van der Waals surface area contributed by atoms with Crippen LogP contribution in [-0.4, -0.2) is 37.2 Å². The molecule has 2 aliphatic heterocycles. The molecule has 148 valence electrons. The number of ketones is 1. The SMILES string of the molecule is O=C1CC2(CCN(S(=O)(=O)c3ccc(Cl)cc3)CC2)Oc2c(Cl)cc(Cl)cc21. The van der Waals surface area contributed by atoms with Gasteiger partial charge in [-0.15, -0.1) is 0 Å². The minimum Gasteiger partial charge on any atom is -0.484 e. The normalized spacial score (nSPS) is 19.3. The number of hydrogen-bond donors (Lipinski definition) is 0. The van der Waals surface area contributed by atoms with Crippen LogP contribution in [0.1, 0.15) is 29.6 Å². The zero-order valence-corrected chi connectivity index (χ0v) is 17.7. The van der Waals surface area contributed by atoms with Gasteiger partial charge in [-0.2, -0.15) is 4.31 Å². The number of piperidine rings is 1. The Hall–Kier alpha value is -1.31. The number of Topliss-reactive ketones (excluding diaryl/α,β-unsaturated/α-hetero) is 1. The molecule has 1 fully saturated rings. The van der Waals surface area contributed by atoms with Gasteiger partial charge in [0.1, 0.15) is 11.4 Å². The summed E-state index contributed by atoms with van der Waals surface area (Å²) in [6, 6.07) is 9.16. The van der Waals surface area contributed by atoms with Crippen molar-refractivity contribution in [1.82, 2.24) is 4.31 Å². The van der Waals surface area contributed by atoms with Crippen LogP contribution in [0.25, 0.3) is 0 Å². The molecule has 0 aliphatic carbocycles. The summed E-state index contributed by atoms with van der Waals surface area (Å²) in [5.41, 5.74) is -0.382. The molecule has 0 bridgehead atoms. The fraction of sp³-hybridized carbons (Fsp3) is 0.316. The van der Waals surface area contributed by atoms with E-state index < -0.39 is 15.6 Å². The van der Waals surface area contributed by atoms with E-state index in [4.69, 9.17) is 39.5 Å². The van der Waals surface area contributed by atoms with Crippen LogP contribution in [0, 0.1) is 0 Å². The molecule has 0 aromatic heterocycles. The molecular formula is C19H16Cl3NO4S. The molecule has 0 saturated carbocycles. The van der Waals surface area contributed by atoms with Crippen molar-refractivity contribution >= 4 is 50.6 Å². The maximum absolute atomic E-state index is 12.9. The highest BCUT2D eigenvalue weighted by Crippen LogP contribution is 2.44. The highest BCUT2D eigenvalue weighted by molar-refractivity contribution is 7.89. The van der Waals surface area contributed by atoms with Crippen molar-refractivity contribution in [2.24, 2.45) is 0 Å². The van der Waals surface area contributed by atoms with Gasteiger partial charge in [-0.3, -0.25) is 4.79 Å². The Morgan fingerprint density at radius 2 is 1.61 bits per heavy atom. The summed E-state index contributed by atoms with van der Waals surface area (Å²) in [6.45, 7) is 0.498. The molecule has 0 atom stereocenters. The molecule has 2 heterocycles. The number of sulfonamides is 1. The second-order valence-electron chi connectivity index (χ2n) is 7.01. The quantitative estimate of drug-likeness (QED) is 0.643. The highest BCUT2D eigenvalue weighted by atomic mass is 35.5. The molecule has 2 aromatic carbocycles. The standard InChI is InChI=1S/C19H16Cl3NO4S/c20-12-1-3-14(4-2-12)28(25,26)23-7-5-19(6-8-23)11-17(24)15-9-13(21)10-16(22)18(15)27-19/h1-4,9-10H,5-8,11H2. The van der Waals surface area contributed by atoms with Crippen LogP contribution in [0.15, 0.2) is 41.3 Å². The lowest BCUT2D eigenvalue weighted by Crippen LogP contribution is -2.52. The van der Waals surface area contributed by atoms with Crippen molar-refractivity contribution in [3.63, 3.8) is 0 Å². The second-order valence-corrected chi connectivity index (χ2v) is 10.2. The monoisotopic (exact) mass is 459 g/mol. The largest absolute Gasteiger partial charge is 0.484 e. The third kappa shape index (κ3) is 3.53. The van der Waals surface area contributed by atoms with Crippen molar-refractivity contribution in [1.29, 1.82) is 0 Å². The van der Waals surface area contributed by atoms with Crippen LogP contribution in [0.2, 0.25) is 15.1 Å². The van der Waals surface area contributed by atoms with Crippen molar-refractivity contribution in [3.8, 4) is 5.75 Å². The van der Waals surface area contributed by atoms with E-state index >= 15 is 0 Å². The Morgan fingerprint density at radius 3 is 2.25 bits per heavy atom. The van der Waals surface area contributed by atoms with E-state index in [1.165, 1.54) is 22.5 Å². The molecule has 28 heavy (non-hydrogen) atoms. The van der Waals surface area contributed by atoms with Crippen LogP contribution in [-0.2, 0) is 10.0 Å². The molecule has 2 aromatic rings. The van der Waals surface area contributed by atoms with E-state index in [1.54, 1.807) is 18.2 Å². The smallest absolute Gasteiger partial charge is 0.243 e.